The molecule has 0 aromatic carbocycles. The molecule has 0 aliphatic carbocycles. The van der Waals surface area contributed by atoms with E-state index in [-0.39, 0.29) is 0 Å². The molecule has 0 aromatic heterocycles. The zero-order chi connectivity index (χ0) is 9.94. The van der Waals surface area contributed by atoms with Gasteiger partial charge in [0.1, 0.15) is 0 Å². The predicted molar refractivity (Wildman–Crippen MR) is 61.1 cm³/mol. The molecule has 0 fully saturated rings. The molecule has 0 saturated heterocycles. The lowest BCUT2D eigenvalue weighted by molar-refractivity contribution is 0.468. The average Bonchev–Trinajstić information content (AvgIpc) is 2.11. The lowest BCUT2D eigenvalue weighted by Gasteiger charge is -2.10. The van der Waals surface area contributed by atoms with Gasteiger partial charge in [-0.1, -0.05) is 46.5 Å². The van der Waals surface area contributed by atoms with E-state index in [1.165, 1.54) is 51.6 Å². The highest BCUT2D eigenvalue weighted by atomic mass is 14.8. The third-order valence-corrected chi connectivity index (χ3v) is 2.48. The van der Waals surface area contributed by atoms with Gasteiger partial charge in [-0.25, -0.2) is 0 Å². The zero-order valence-corrected chi connectivity index (χ0v) is 9.73. The van der Waals surface area contributed by atoms with Crippen molar-refractivity contribution in [2.75, 3.05) is 13.1 Å². The summed E-state index contributed by atoms with van der Waals surface area (Å²) in [6.07, 6.45) is 8.16. The Kier molecular flexibility index (Phi) is 10.0. The van der Waals surface area contributed by atoms with E-state index in [4.69, 9.17) is 0 Å². The van der Waals surface area contributed by atoms with Crippen LogP contribution in [0.4, 0.5) is 0 Å². The first-order valence-corrected chi connectivity index (χ1v) is 6.02. The Bertz CT molecular complexity index is 91.1. The third-order valence-electron chi connectivity index (χ3n) is 2.48. The van der Waals surface area contributed by atoms with E-state index in [1.54, 1.807) is 0 Å². The molecule has 13 heavy (non-hydrogen) atoms. The van der Waals surface area contributed by atoms with Crippen molar-refractivity contribution in [2.45, 2.75) is 59.3 Å². The summed E-state index contributed by atoms with van der Waals surface area (Å²) in [7, 11) is 0. The Morgan fingerprint density at radius 1 is 1.00 bits per heavy atom. The first kappa shape index (κ1) is 13.0. The zero-order valence-electron chi connectivity index (χ0n) is 9.73. The van der Waals surface area contributed by atoms with Crippen LogP contribution in [0.5, 0.6) is 0 Å². The maximum atomic E-state index is 3.53. The van der Waals surface area contributed by atoms with E-state index >= 15 is 0 Å². The summed E-state index contributed by atoms with van der Waals surface area (Å²) in [5.41, 5.74) is 0. The highest BCUT2D eigenvalue weighted by Gasteiger charge is 1.98. The predicted octanol–water partition coefficient (Wildman–Crippen LogP) is 3.59. The van der Waals surface area contributed by atoms with Gasteiger partial charge in [0.25, 0.3) is 0 Å². The minimum absolute atomic E-state index is 0.858. The molecule has 0 bridgehead atoms. The SMILES string of the molecule is CCCCCCNCC(C)CCC. The molecule has 0 rings (SSSR count). The summed E-state index contributed by atoms with van der Waals surface area (Å²) in [4.78, 5) is 0. The average molecular weight is 185 g/mol. The van der Waals surface area contributed by atoms with Gasteiger partial charge in [-0.3, -0.25) is 0 Å². The molecule has 0 aliphatic rings. The topological polar surface area (TPSA) is 12.0 Å². The fraction of sp³-hybridized carbons (Fsp3) is 1.00. The fourth-order valence-electron chi connectivity index (χ4n) is 1.62. The Balaban J connectivity index is 2.97. The minimum Gasteiger partial charge on any atom is -0.316 e. The van der Waals surface area contributed by atoms with Gasteiger partial charge < -0.3 is 5.32 Å². The number of hydrogen-bond donors (Lipinski definition) is 1. The second-order valence-corrected chi connectivity index (χ2v) is 4.16. The minimum atomic E-state index is 0.858. The molecule has 1 N–H and O–H groups in total. The second-order valence-electron chi connectivity index (χ2n) is 4.16. The van der Waals surface area contributed by atoms with E-state index in [0.717, 1.165) is 5.92 Å². The van der Waals surface area contributed by atoms with E-state index in [2.05, 4.69) is 26.1 Å². The van der Waals surface area contributed by atoms with Crippen molar-refractivity contribution in [3.63, 3.8) is 0 Å². The fourth-order valence-corrected chi connectivity index (χ4v) is 1.62. The van der Waals surface area contributed by atoms with Crippen molar-refractivity contribution >= 4 is 0 Å². The Labute approximate surface area is 84.3 Å². The van der Waals surface area contributed by atoms with Crippen molar-refractivity contribution in [3.8, 4) is 0 Å². The first-order valence-electron chi connectivity index (χ1n) is 6.02. The van der Waals surface area contributed by atoms with Crippen molar-refractivity contribution in [1.82, 2.24) is 5.32 Å². The molecule has 80 valence electrons. The standard InChI is InChI=1S/C12H27N/c1-4-6-7-8-10-13-11-12(3)9-5-2/h12-13H,4-11H2,1-3H3. The summed E-state index contributed by atoms with van der Waals surface area (Å²) in [5.74, 6) is 0.858. The van der Waals surface area contributed by atoms with Gasteiger partial charge in [0, 0.05) is 0 Å². The summed E-state index contributed by atoms with van der Waals surface area (Å²) >= 11 is 0. The van der Waals surface area contributed by atoms with Crippen molar-refractivity contribution in [3.05, 3.63) is 0 Å². The van der Waals surface area contributed by atoms with Gasteiger partial charge in [-0.05, 0) is 31.8 Å². The highest BCUT2D eigenvalue weighted by molar-refractivity contribution is 4.56. The Hall–Kier alpha value is -0.0400. The number of rotatable bonds is 9. The monoisotopic (exact) mass is 185 g/mol. The second kappa shape index (κ2) is 10.0. The molecular formula is C12H27N. The molecule has 1 atom stereocenters. The van der Waals surface area contributed by atoms with Gasteiger partial charge in [0.15, 0.2) is 0 Å². The lowest BCUT2D eigenvalue weighted by Crippen LogP contribution is -2.22. The summed E-state index contributed by atoms with van der Waals surface area (Å²) in [6, 6.07) is 0. The Morgan fingerprint density at radius 3 is 2.38 bits per heavy atom. The van der Waals surface area contributed by atoms with Gasteiger partial charge in [0.2, 0.25) is 0 Å². The highest BCUT2D eigenvalue weighted by Crippen LogP contribution is 2.03. The lowest BCUT2D eigenvalue weighted by atomic mass is 10.1. The molecule has 0 amide bonds. The van der Waals surface area contributed by atoms with Crippen LogP contribution in [0.3, 0.4) is 0 Å². The van der Waals surface area contributed by atoms with Crippen LogP contribution in [0, 0.1) is 5.92 Å². The largest absolute Gasteiger partial charge is 0.316 e. The summed E-state index contributed by atoms with van der Waals surface area (Å²) in [6.45, 7) is 9.28. The van der Waals surface area contributed by atoms with E-state index < -0.39 is 0 Å². The van der Waals surface area contributed by atoms with Gasteiger partial charge in [0.05, 0.1) is 0 Å². The summed E-state index contributed by atoms with van der Waals surface area (Å²) in [5, 5.41) is 3.53. The molecule has 0 spiro atoms. The first-order chi connectivity index (χ1) is 6.31. The molecule has 1 unspecified atom stereocenters. The van der Waals surface area contributed by atoms with Crippen LogP contribution in [-0.2, 0) is 0 Å². The maximum Gasteiger partial charge on any atom is -0.00232 e. The maximum absolute atomic E-state index is 3.53. The van der Waals surface area contributed by atoms with Crippen molar-refractivity contribution in [1.29, 1.82) is 0 Å². The van der Waals surface area contributed by atoms with Crippen LogP contribution < -0.4 is 5.32 Å². The van der Waals surface area contributed by atoms with Crippen molar-refractivity contribution < 1.29 is 0 Å². The van der Waals surface area contributed by atoms with Gasteiger partial charge >= 0.3 is 0 Å². The smallest absolute Gasteiger partial charge is 0.00232 e. The summed E-state index contributed by atoms with van der Waals surface area (Å²) < 4.78 is 0. The normalized spacial score (nSPS) is 13.2. The molecule has 0 saturated carbocycles. The van der Waals surface area contributed by atoms with Crippen LogP contribution >= 0.6 is 0 Å². The number of nitrogens with one attached hydrogen (secondary N) is 1. The van der Waals surface area contributed by atoms with Gasteiger partial charge in [-0.15, -0.1) is 0 Å². The van der Waals surface area contributed by atoms with Crippen LogP contribution in [0.15, 0.2) is 0 Å². The van der Waals surface area contributed by atoms with Crippen LogP contribution in [-0.4, -0.2) is 13.1 Å². The van der Waals surface area contributed by atoms with E-state index in [0.29, 0.717) is 0 Å². The molecule has 1 nitrogen and oxygen atoms in total. The van der Waals surface area contributed by atoms with Crippen molar-refractivity contribution in [2.24, 2.45) is 5.92 Å². The molecule has 0 radical (unpaired) electrons. The van der Waals surface area contributed by atoms with E-state index in [1.807, 2.05) is 0 Å². The molecule has 0 heterocycles. The van der Waals surface area contributed by atoms with Gasteiger partial charge in [-0.2, -0.15) is 0 Å². The Morgan fingerprint density at radius 2 is 1.77 bits per heavy atom. The quantitative estimate of drug-likeness (QED) is 0.541. The number of unbranched alkanes of at least 4 members (excludes halogenated alkanes) is 3. The van der Waals surface area contributed by atoms with E-state index in [9.17, 15) is 0 Å². The molecular weight excluding hydrogens is 158 g/mol. The molecule has 0 aliphatic heterocycles. The van der Waals surface area contributed by atoms with Crippen LogP contribution in [0.25, 0.3) is 0 Å². The third kappa shape index (κ3) is 9.88. The van der Waals surface area contributed by atoms with Crippen LogP contribution in [0.2, 0.25) is 0 Å². The molecule has 0 aromatic rings. The molecule has 1 heteroatoms. The number of hydrogen-bond acceptors (Lipinski definition) is 1. The van der Waals surface area contributed by atoms with Crippen LogP contribution in [0.1, 0.15) is 59.3 Å².